The van der Waals surface area contributed by atoms with Crippen LogP contribution >= 0.6 is 0 Å². The fraction of sp³-hybridized carbons (Fsp3) is 0.545. The number of sulfonamides is 1. The zero-order valence-corrected chi connectivity index (χ0v) is 12.3. The van der Waals surface area contributed by atoms with Gasteiger partial charge >= 0.3 is 0 Å². The fourth-order valence-electron chi connectivity index (χ4n) is 1.41. The van der Waals surface area contributed by atoms with Gasteiger partial charge in [0, 0.05) is 19.6 Å². The van der Waals surface area contributed by atoms with Crippen LogP contribution in [-0.2, 0) is 10.0 Å². The van der Waals surface area contributed by atoms with Crippen molar-refractivity contribution in [3.63, 3.8) is 0 Å². The first kappa shape index (κ1) is 16.3. The number of nitrogens with one attached hydrogen (secondary N) is 3. The van der Waals surface area contributed by atoms with E-state index in [1.54, 1.807) is 13.0 Å². The average molecular weight is 301 g/mol. The maximum atomic E-state index is 11.7. The van der Waals surface area contributed by atoms with Crippen molar-refractivity contribution in [1.29, 1.82) is 0 Å². The summed E-state index contributed by atoms with van der Waals surface area (Å²) < 4.78 is 25.1. The summed E-state index contributed by atoms with van der Waals surface area (Å²) in [6, 6.07) is 3.17. The largest absolute Gasteiger partial charge is 0.369 e. The van der Waals surface area contributed by atoms with Gasteiger partial charge in [0.1, 0.15) is 5.82 Å². The highest BCUT2D eigenvalue weighted by Crippen LogP contribution is 2.01. The molecule has 0 aliphatic carbocycles. The van der Waals surface area contributed by atoms with Gasteiger partial charge in [-0.15, -0.1) is 10.2 Å². The zero-order chi connectivity index (χ0) is 15.0. The van der Waals surface area contributed by atoms with Gasteiger partial charge in [0.15, 0.2) is 5.69 Å². The lowest BCUT2D eigenvalue weighted by atomic mass is 10.3. The standard InChI is InChI=1S/C11H19N5O3S/c1-3-12-10-6-5-9(15-16-10)11(17)13-7-8-20(18,19)14-4-2/h5-6,14H,3-4,7-8H2,1-2H3,(H,12,16)(H,13,17). The van der Waals surface area contributed by atoms with Gasteiger partial charge in [-0.05, 0) is 19.1 Å². The fourth-order valence-corrected chi connectivity index (χ4v) is 2.37. The van der Waals surface area contributed by atoms with Crippen LogP contribution in [0.3, 0.4) is 0 Å². The molecule has 0 aliphatic rings. The molecule has 0 spiro atoms. The zero-order valence-electron chi connectivity index (χ0n) is 11.5. The molecule has 3 N–H and O–H groups in total. The lowest BCUT2D eigenvalue weighted by molar-refractivity contribution is 0.0950. The van der Waals surface area contributed by atoms with E-state index < -0.39 is 15.9 Å². The van der Waals surface area contributed by atoms with E-state index in [1.807, 2.05) is 6.92 Å². The molecule has 0 saturated carbocycles. The maximum absolute atomic E-state index is 11.7. The van der Waals surface area contributed by atoms with Crippen LogP contribution < -0.4 is 15.4 Å². The number of hydrogen-bond donors (Lipinski definition) is 3. The van der Waals surface area contributed by atoms with Gasteiger partial charge in [0.2, 0.25) is 10.0 Å². The molecule has 0 saturated heterocycles. The number of hydrogen-bond acceptors (Lipinski definition) is 6. The molecule has 1 aromatic heterocycles. The molecule has 0 bridgehead atoms. The van der Waals surface area contributed by atoms with Crippen molar-refractivity contribution in [1.82, 2.24) is 20.2 Å². The summed E-state index contributed by atoms with van der Waals surface area (Å²) in [5.41, 5.74) is 0.146. The van der Waals surface area contributed by atoms with Gasteiger partial charge in [-0.2, -0.15) is 0 Å². The summed E-state index contributed by atoms with van der Waals surface area (Å²) in [5.74, 6) is -0.0406. The molecule has 0 unspecified atom stereocenters. The van der Waals surface area contributed by atoms with E-state index in [-0.39, 0.29) is 18.0 Å². The third kappa shape index (κ3) is 5.49. The van der Waals surface area contributed by atoms with Crippen molar-refractivity contribution < 1.29 is 13.2 Å². The minimum absolute atomic E-state index is 0.0187. The van der Waals surface area contributed by atoms with Crippen LogP contribution in [0.2, 0.25) is 0 Å². The van der Waals surface area contributed by atoms with Gasteiger partial charge in [-0.1, -0.05) is 6.92 Å². The molecule has 0 radical (unpaired) electrons. The predicted molar refractivity (Wildman–Crippen MR) is 76.0 cm³/mol. The molecule has 0 aromatic carbocycles. The molecular weight excluding hydrogens is 282 g/mol. The van der Waals surface area contributed by atoms with Crippen molar-refractivity contribution in [3.8, 4) is 0 Å². The Kier molecular flexibility index (Phi) is 6.32. The summed E-state index contributed by atoms with van der Waals surface area (Å²) in [5, 5.41) is 13.0. The number of nitrogens with zero attached hydrogens (tertiary/aromatic N) is 2. The minimum atomic E-state index is -3.33. The average Bonchev–Trinajstić information content (AvgIpc) is 2.39. The Bertz CT molecular complexity index is 529. The third-order valence-electron chi connectivity index (χ3n) is 2.28. The monoisotopic (exact) mass is 301 g/mol. The third-order valence-corrected chi connectivity index (χ3v) is 3.75. The summed E-state index contributed by atoms with van der Waals surface area (Å²) >= 11 is 0. The first-order valence-corrected chi connectivity index (χ1v) is 7.97. The highest BCUT2D eigenvalue weighted by atomic mass is 32.2. The quantitative estimate of drug-likeness (QED) is 0.601. The minimum Gasteiger partial charge on any atom is -0.369 e. The summed E-state index contributed by atoms with van der Waals surface area (Å²) in [7, 11) is -3.33. The number of carbonyl (C=O) groups excluding carboxylic acids is 1. The molecule has 112 valence electrons. The Morgan fingerprint density at radius 3 is 2.50 bits per heavy atom. The first-order valence-electron chi connectivity index (χ1n) is 6.31. The molecule has 9 heteroatoms. The molecule has 8 nitrogen and oxygen atoms in total. The van der Waals surface area contributed by atoms with E-state index in [4.69, 9.17) is 0 Å². The maximum Gasteiger partial charge on any atom is 0.271 e. The summed E-state index contributed by atoms with van der Waals surface area (Å²) in [4.78, 5) is 11.7. The SMILES string of the molecule is CCNc1ccc(C(=O)NCCS(=O)(=O)NCC)nn1. The molecule has 0 aliphatic heterocycles. The van der Waals surface area contributed by atoms with E-state index >= 15 is 0 Å². The Morgan fingerprint density at radius 1 is 1.20 bits per heavy atom. The van der Waals surface area contributed by atoms with Crippen LogP contribution in [0.1, 0.15) is 24.3 Å². The van der Waals surface area contributed by atoms with E-state index in [0.717, 1.165) is 0 Å². The van der Waals surface area contributed by atoms with Crippen molar-refractivity contribution in [2.75, 3.05) is 30.7 Å². The summed E-state index contributed by atoms with van der Waals surface area (Å²) in [6.45, 7) is 4.67. The number of anilines is 1. The molecular formula is C11H19N5O3S. The highest BCUT2D eigenvalue weighted by Gasteiger charge is 2.11. The van der Waals surface area contributed by atoms with Crippen LogP contribution in [-0.4, -0.2) is 49.9 Å². The Labute approximate surface area is 118 Å². The molecule has 20 heavy (non-hydrogen) atoms. The van der Waals surface area contributed by atoms with Crippen LogP contribution in [0, 0.1) is 0 Å². The Hall–Kier alpha value is -1.74. The van der Waals surface area contributed by atoms with E-state index in [1.165, 1.54) is 6.07 Å². The molecule has 1 aromatic rings. The van der Waals surface area contributed by atoms with Gasteiger partial charge in [0.25, 0.3) is 5.91 Å². The molecule has 0 atom stereocenters. The van der Waals surface area contributed by atoms with Gasteiger partial charge in [-0.25, -0.2) is 13.1 Å². The number of carbonyl (C=O) groups is 1. The molecule has 1 amide bonds. The second kappa shape index (κ2) is 7.75. The van der Waals surface area contributed by atoms with Crippen LogP contribution in [0.4, 0.5) is 5.82 Å². The van der Waals surface area contributed by atoms with Crippen molar-refractivity contribution in [3.05, 3.63) is 17.8 Å². The lowest BCUT2D eigenvalue weighted by Crippen LogP contribution is -2.34. The van der Waals surface area contributed by atoms with Crippen LogP contribution in [0.5, 0.6) is 0 Å². The van der Waals surface area contributed by atoms with Crippen molar-refractivity contribution >= 4 is 21.7 Å². The normalized spacial score (nSPS) is 11.1. The Morgan fingerprint density at radius 2 is 1.95 bits per heavy atom. The van der Waals surface area contributed by atoms with Crippen LogP contribution in [0.25, 0.3) is 0 Å². The highest BCUT2D eigenvalue weighted by molar-refractivity contribution is 7.89. The van der Waals surface area contributed by atoms with Crippen LogP contribution in [0.15, 0.2) is 12.1 Å². The van der Waals surface area contributed by atoms with E-state index in [9.17, 15) is 13.2 Å². The molecule has 1 rings (SSSR count). The Balaban J connectivity index is 2.47. The smallest absolute Gasteiger partial charge is 0.271 e. The lowest BCUT2D eigenvalue weighted by Gasteiger charge is -2.06. The second-order valence-corrected chi connectivity index (χ2v) is 5.83. The summed E-state index contributed by atoms with van der Waals surface area (Å²) in [6.07, 6.45) is 0. The van der Waals surface area contributed by atoms with Crippen molar-refractivity contribution in [2.45, 2.75) is 13.8 Å². The predicted octanol–water partition coefficient (Wildman–Crippen LogP) is -0.422. The van der Waals surface area contributed by atoms with Gasteiger partial charge in [-0.3, -0.25) is 4.79 Å². The number of rotatable bonds is 8. The molecule has 0 fully saturated rings. The van der Waals surface area contributed by atoms with E-state index in [2.05, 4.69) is 25.6 Å². The number of aromatic nitrogens is 2. The first-order chi connectivity index (χ1) is 9.48. The van der Waals surface area contributed by atoms with Gasteiger partial charge < -0.3 is 10.6 Å². The van der Waals surface area contributed by atoms with E-state index in [0.29, 0.717) is 18.9 Å². The van der Waals surface area contributed by atoms with Crippen molar-refractivity contribution in [2.24, 2.45) is 0 Å². The van der Waals surface area contributed by atoms with Gasteiger partial charge in [0.05, 0.1) is 5.75 Å². The molecule has 1 heterocycles. The second-order valence-electron chi connectivity index (χ2n) is 3.91. The number of amides is 1. The topological polar surface area (TPSA) is 113 Å².